The van der Waals surface area contributed by atoms with Gasteiger partial charge in [-0.3, -0.25) is 4.79 Å². The third-order valence-electron chi connectivity index (χ3n) is 2.70. The summed E-state index contributed by atoms with van der Waals surface area (Å²) >= 11 is 1.08. The van der Waals surface area contributed by atoms with Crippen LogP contribution in [0.15, 0.2) is 24.3 Å². The van der Waals surface area contributed by atoms with Gasteiger partial charge in [-0.15, -0.1) is 5.10 Å². The van der Waals surface area contributed by atoms with Crippen molar-refractivity contribution in [1.29, 1.82) is 0 Å². The fourth-order valence-electron chi connectivity index (χ4n) is 1.69. The summed E-state index contributed by atoms with van der Waals surface area (Å²) in [5.41, 5.74) is 1.99. The van der Waals surface area contributed by atoms with Crippen molar-refractivity contribution < 1.29 is 9.90 Å². The Morgan fingerprint density at radius 2 is 2.16 bits per heavy atom. The lowest BCUT2D eigenvalue weighted by atomic mass is 10.1. The van der Waals surface area contributed by atoms with Crippen molar-refractivity contribution in [1.82, 2.24) is 9.59 Å². The van der Waals surface area contributed by atoms with Crippen LogP contribution in [0.25, 0.3) is 0 Å². The van der Waals surface area contributed by atoms with Crippen LogP contribution in [0, 0.1) is 0 Å². The minimum absolute atomic E-state index is 0.117. The topological polar surface area (TPSA) is 75.1 Å². The SMILES string of the molecule is CC(C)c1nnsc1C(=O)Nc1ccccc1CO. The van der Waals surface area contributed by atoms with Gasteiger partial charge in [0.2, 0.25) is 0 Å². The Labute approximate surface area is 115 Å². The molecule has 0 spiro atoms. The van der Waals surface area contributed by atoms with Crippen molar-refractivity contribution in [3.63, 3.8) is 0 Å². The molecule has 6 heteroatoms. The predicted molar refractivity (Wildman–Crippen MR) is 74.3 cm³/mol. The second kappa shape index (κ2) is 5.90. The van der Waals surface area contributed by atoms with Crippen LogP contribution in [-0.4, -0.2) is 20.6 Å². The molecule has 0 aliphatic heterocycles. The van der Waals surface area contributed by atoms with E-state index in [1.807, 2.05) is 26.0 Å². The van der Waals surface area contributed by atoms with E-state index in [1.165, 1.54) is 0 Å². The summed E-state index contributed by atoms with van der Waals surface area (Å²) in [5.74, 6) is -0.0906. The lowest BCUT2D eigenvalue weighted by molar-refractivity contribution is 0.102. The van der Waals surface area contributed by atoms with Crippen molar-refractivity contribution >= 4 is 23.1 Å². The summed E-state index contributed by atoms with van der Waals surface area (Å²) in [7, 11) is 0. The smallest absolute Gasteiger partial charge is 0.269 e. The zero-order chi connectivity index (χ0) is 13.8. The number of aliphatic hydroxyl groups excluding tert-OH is 1. The number of para-hydroxylation sites is 1. The highest BCUT2D eigenvalue weighted by molar-refractivity contribution is 7.08. The zero-order valence-electron chi connectivity index (χ0n) is 10.8. The summed E-state index contributed by atoms with van der Waals surface area (Å²) in [6.07, 6.45) is 0. The Bertz CT molecular complexity index is 581. The van der Waals surface area contributed by atoms with E-state index >= 15 is 0 Å². The maximum absolute atomic E-state index is 12.2. The fraction of sp³-hybridized carbons (Fsp3) is 0.308. The van der Waals surface area contributed by atoms with Crippen molar-refractivity contribution in [2.45, 2.75) is 26.4 Å². The van der Waals surface area contributed by atoms with Crippen molar-refractivity contribution in [2.75, 3.05) is 5.32 Å². The number of nitrogens with zero attached hydrogens (tertiary/aromatic N) is 2. The van der Waals surface area contributed by atoms with Gasteiger partial charge in [-0.25, -0.2) is 0 Å². The van der Waals surface area contributed by atoms with Gasteiger partial charge in [0.1, 0.15) is 4.88 Å². The van der Waals surface area contributed by atoms with E-state index in [4.69, 9.17) is 0 Å². The maximum atomic E-state index is 12.2. The number of amides is 1. The molecule has 0 aliphatic carbocycles. The first-order chi connectivity index (χ1) is 9.13. The number of rotatable bonds is 4. The summed E-state index contributed by atoms with van der Waals surface area (Å²) in [6.45, 7) is 3.82. The first-order valence-electron chi connectivity index (χ1n) is 5.95. The zero-order valence-corrected chi connectivity index (χ0v) is 11.6. The molecule has 0 radical (unpaired) electrons. The number of aliphatic hydroxyl groups is 1. The first-order valence-corrected chi connectivity index (χ1v) is 6.73. The van der Waals surface area contributed by atoms with E-state index in [-0.39, 0.29) is 18.4 Å². The van der Waals surface area contributed by atoms with Crippen molar-refractivity contribution in [3.8, 4) is 0 Å². The molecule has 19 heavy (non-hydrogen) atoms. The van der Waals surface area contributed by atoms with Gasteiger partial charge in [0.25, 0.3) is 5.91 Å². The van der Waals surface area contributed by atoms with Gasteiger partial charge in [-0.1, -0.05) is 36.5 Å². The predicted octanol–water partition coefficient (Wildman–Crippen LogP) is 2.41. The summed E-state index contributed by atoms with van der Waals surface area (Å²) < 4.78 is 3.83. The van der Waals surface area contributed by atoms with Crippen LogP contribution in [0.2, 0.25) is 0 Å². The van der Waals surface area contributed by atoms with Gasteiger partial charge in [-0.05, 0) is 23.5 Å². The number of carbonyl (C=O) groups excluding carboxylic acids is 1. The quantitative estimate of drug-likeness (QED) is 0.900. The van der Waals surface area contributed by atoms with Crippen LogP contribution in [-0.2, 0) is 6.61 Å². The Morgan fingerprint density at radius 3 is 2.84 bits per heavy atom. The molecule has 2 rings (SSSR count). The van der Waals surface area contributed by atoms with Crippen LogP contribution in [0.3, 0.4) is 0 Å². The van der Waals surface area contributed by atoms with Crippen molar-refractivity contribution in [2.24, 2.45) is 0 Å². The van der Waals surface area contributed by atoms with Crippen LogP contribution >= 0.6 is 11.5 Å². The molecule has 1 heterocycles. The Kier molecular flexibility index (Phi) is 4.24. The van der Waals surface area contributed by atoms with Gasteiger partial charge in [-0.2, -0.15) is 0 Å². The van der Waals surface area contributed by atoms with E-state index in [1.54, 1.807) is 12.1 Å². The molecule has 0 bridgehead atoms. The molecule has 1 aromatic carbocycles. The number of anilines is 1. The van der Waals surface area contributed by atoms with Gasteiger partial charge in [0.05, 0.1) is 12.3 Å². The van der Waals surface area contributed by atoms with Crippen molar-refractivity contribution in [3.05, 3.63) is 40.4 Å². The molecule has 0 atom stereocenters. The highest BCUT2D eigenvalue weighted by Gasteiger charge is 2.19. The molecule has 2 N–H and O–H groups in total. The molecule has 100 valence electrons. The minimum Gasteiger partial charge on any atom is -0.392 e. The molecule has 5 nitrogen and oxygen atoms in total. The standard InChI is InChI=1S/C13H15N3O2S/c1-8(2)11-12(19-16-15-11)13(18)14-10-6-4-3-5-9(10)7-17/h3-6,8,17H,7H2,1-2H3,(H,14,18). The number of hydrogen-bond acceptors (Lipinski definition) is 5. The Hall–Kier alpha value is -1.79. The average Bonchev–Trinajstić information content (AvgIpc) is 2.88. The second-order valence-electron chi connectivity index (χ2n) is 4.41. The van der Waals surface area contributed by atoms with Gasteiger partial charge < -0.3 is 10.4 Å². The lowest BCUT2D eigenvalue weighted by Gasteiger charge is -2.09. The maximum Gasteiger partial charge on any atom is 0.269 e. The third kappa shape index (κ3) is 2.97. The third-order valence-corrected chi connectivity index (χ3v) is 3.44. The lowest BCUT2D eigenvalue weighted by Crippen LogP contribution is -2.14. The molecule has 1 aromatic heterocycles. The molecule has 1 amide bonds. The highest BCUT2D eigenvalue weighted by atomic mass is 32.1. The molecule has 0 saturated heterocycles. The molecule has 0 aliphatic rings. The Morgan fingerprint density at radius 1 is 1.42 bits per heavy atom. The minimum atomic E-state index is -0.236. The van der Waals surface area contributed by atoms with Crippen LogP contribution in [0.5, 0.6) is 0 Å². The van der Waals surface area contributed by atoms with Gasteiger partial charge in [0, 0.05) is 11.3 Å². The monoisotopic (exact) mass is 277 g/mol. The van der Waals surface area contributed by atoms with E-state index in [2.05, 4.69) is 14.9 Å². The first kappa shape index (κ1) is 13.6. The normalized spacial score (nSPS) is 10.7. The molecular weight excluding hydrogens is 262 g/mol. The average molecular weight is 277 g/mol. The number of carbonyl (C=O) groups is 1. The highest BCUT2D eigenvalue weighted by Crippen LogP contribution is 2.22. The molecule has 0 fully saturated rings. The molecule has 0 unspecified atom stereocenters. The van der Waals surface area contributed by atoms with Gasteiger partial charge in [0.15, 0.2) is 0 Å². The largest absolute Gasteiger partial charge is 0.392 e. The number of aromatic nitrogens is 2. The summed E-state index contributed by atoms with van der Waals surface area (Å²) in [4.78, 5) is 12.7. The Balaban J connectivity index is 2.23. The number of nitrogens with one attached hydrogen (secondary N) is 1. The summed E-state index contributed by atoms with van der Waals surface area (Å²) in [5, 5.41) is 16.0. The van der Waals surface area contributed by atoms with E-state index in [0.717, 1.165) is 11.5 Å². The molecule has 0 saturated carbocycles. The van der Waals surface area contributed by atoms with Crippen LogP contribution < -0.4 is 5.32 Å². The number of benzene rings is 1. The second-order valence-corrected chi connectivity index (χ2v) is 5.17. The van der Waals surface area contributed by atoms with E-state index in [0.29, 0.717) is 21.8 Å². The summed E-state index contributed by atoms with van der Waals surface area (Å²) in [6, 6.07) is 7.15. The number of hydrogen-bond donors (Lipinski definition) is 2. The van der Waals surface area contributed by atoms with Gasteiger partial charge >= 0.3 is 0 Å². The van der Waals surface area contributed by atoms with E-state index in [9.17, 15) is 9.90 Å². The molecular formula is C13H15N3O2S. The van der Waals surface area contributed by atoms with Crippen LogP contribution in [0.1, 0.15) is 40.7 Å². The molecule has 2 aromatic rings. The van der Waals surface area contributed by atoms with Crippen LogP contribution in [0.4, 0.5) is 5.69 Å². The fourth-order valence-corrected chi connectivity index (χ4v) is 2.41. The van der Waals surface area contributed by atoms with E-state index < -0.39 is 0 Å².